The lowest BCUT2D eigenvalue weighted by molar-refractivity contribution is -0.149. The van der Waals surface area contributed by atoms with Crippen LogP contribution in [-0.4, -0.2) is 23.6 Å². The molecule has 3 heteroatoms. The van der Waals surface area contributed by atoms with E-state index in [9.17, 15) is 4.79 Å². The zero-order chi connectivity index (χ0) is 15.4. The van der Waals surface area contributed by atoms with E-state index in [1.165, 1.54) is 0 Å². The topological polar surface area (TPSA) is 35.5 Å². The molecule has 0 bridgehead atoms. The van der Waals surface area contributed by atoms with Gasteiger partial charge < -0.3 is 9.47 Å². The summed E-state index contributed by atoms with van der Waals surface area (Å²) in [5, 5.41) is 0. The van der Waals surface area contributed by atoms with Crippen LogP contribution in [0.1, 0.15) is 53.2 Å². The van der Waals surface area contributed by atoms with Crippen molar-refractivity contribution < 1.29 is 14.3 Å². The molecule has 1 rings (SSSR count). The van der Waals surface area contributed by atoms with Crippen LogP contribution >= 0.6 is 0 Å². The third-order valence-electron chi connectivity index (χ3n) is 2.51. The number of hydrogen-bond donors (Lipinski definition) is 0. The monoisotopic (exact) mass is 278 g/mol. The van der Waals surface area contributed by atoms with Gasteiger partial charge >= 0.3 is 0 Å². The van der Waals surface area contributed by atoms with Gasteiger partial charge in [-0.05, 0) is 47.1 Å². The van der Waals surface area contributed by atoms with Crippen LogP contribution in [0.15, 0.2) is 30.3 Å². The number of rotatable bonds is 5. The van der Waals surface area contributed by atoms with E-state index in [-0.39, 0.29) is 18.0 Å². The Kier molecular flexibility index (Phi) is 5.49. The quantitative estimate of drug-likeness (QED) is 0.818. The minimum atomic E-state index is -0.585. The number of hydrogen-bond acceptors (Lipinski definition) is 3. The summed E-state index contributed by atoms with van der Waals surface area (Å²) in [5.74, 6) is -0.0546. The fourth-order valence-electron chi connectivity index (χ4n) is 1.66. The van der Waals surface area contributed by atoms with Crippen LogP contribution in [0.5, 0.6) is 0 Å². The van der Waals surface area contributed by atoms with Gasteiger partial charge in [-0.3, -0.25) is 4.79 Å². The number of Topliss-reactive ketones (excluding diaryl/α,β-unsaturated/α-hetero) is 1. The molecule has 1 aromatic carbocycles. The largest absolute Gasteiger partial charge is 0.368 e. The van der Waals surface area contributed by atoms with Crippen molar-refractivity contribution in [2.75, 3.05) is 6.61 Å². The molecule has 0 N–H and O–H groups in total. The summed E-state index contributed by atoms with van der Waals surface area (Å²) in [7, 11) is 0. The van der Waals surface area contributed by atoms with E-state index in [4.69, 9.17) is 9.47 Å². The molecular formula is C17H26O3. The maximum Gasteiger partial charge on any atom is 0.191 e. The summed E-state index contributed by atoms with van der Waals surface area (Å²) in [6, 6.07) is 9.56. The lowest BCUT2D eigenvalue weighted by Crippen LogP contribution is -2.32. The van der Waals surface area contributed by atoms with Gasteiger partial charge in [-0.15, -0.1) is 0 Å². The summed E-state index contributed by atoms with van der Waals surface area (Å²) in [6.07, 6.45) is -0.585. The third kappa shape index (κ3) is 6.31. The van der Waals surface area contributed by atoms with Gasteiger partial charge in [-0.1, -0.05) is 30.3 Å². The van der Waals surface area contributed by atoms with Crippen molar-refractivity contribution >= 4 is 5.78 Å². The SMILES string of the molecule is CC(C)(C)OCC(=O)C(OC(C)(C)C)c1ccccc1. The molecule has 1 aromatic rings. The molecule has 1 unspecified atom stereocenters. The first-order chi connectivity index (χ1) is 9.08. The molecule has 0 aliphatic rings. The molecule has 0 aliphatic heterocycles. The number of benzene rings is 1. The van der Waals surface area contributed by atoms with E-state index in [1.54, 1.807) is 0 Å². The Morgan fingerprint density at radius 3 is 2.00 bits per heavy atom. The Balaban J connectivity index is 2.86. The predicted molar refractivity (Wildman–Crippen MR) is 80.7 cm³/mol. The van der Waals surface area contributed by atoms with Crippen molar-refractivity contribution in [1.82, 2.24) is 0 Å². The van der Waals surface area contributed by atoms with Gasteiger partial charge in [0.1, 0.15) is 12.7 Å². The minimum absolute atomic E-state index is 0.0546. The fraction of sp³-hybridized carbons (Fsp3) is 0.588. The lowest BCUT2D eigenvalue weighted by Gasteiger charge is -2.28. The molecule has 1 atom stereocenters. The Hall–Kier alpha value is -1.19. The van der Waals surface area contributed by atoms with Gasteiger partial charge in [0.25, 0.3) is 0 Å². The lowest BCUT2D eigenvalue weighted by atomic mass is 10.0. The molecule has 0 aromatic heterocycles. The normalized spacial score (nSPS) is 14.1. The third-order valence-corrected chi connectivity index (χ3v) is 2.51. The van der Waals surface area contributed by atoms with Crippen LogP contribution in [-0.2, 0) is 14.3 Å². The van der Waals surface area contributed by atoms with E-state index in [1.807, 2.05) is 71.9 Å². The van der Waals surface area contributed by atoms with Crippen molar-refractivity contribution in [3.05, 3.63) is 35.9 Å². The van der Waals surface area contributed by atoms with Crippen LogP contribution in [0, 0.1) is 0 Å². The number of carbonyl (C=O) groups is 1. The summed E-state index contributed by atoms with van der Waals surface area (Å²) in [5.41, 5.74) is 0.140. The minimum Gasteiger partial charge on any atom is -0.368 e. The van der Waals surface area contributed by atoms with Gasteiger partial charge in [0.2, 0.25) is 0 Å². The average Bonchev–Trinajstić information content (AvgIpc) is 2.32. The molecule has 0 amide bonds. The molecule has 0 heterocycles. The molecule has 20 heavy (non-hydrogen) atoms. The van der Waals surface area contributed by atoms with Gasteiger partial charge in [-0.25, -0.2) is 0 Å². The average molecular weight is 278 g/mol. The van der Waals surface area contributed by atoms with Crippen molar-refractivity contribution in [3.63, 3.8) is 0 Å². The van der Waals surface area contributed by atoms with Crippen molar-refractivity contribution in [1.29, 1.82) is 0 Å². The number of ether oxygens (including phenoxy) is 2. The van der Waals surface area contributed by atoms with Crippen molar-refractivity contribution in [2.45, 2.75) is 58.8 Å². The smallest absolute Gasteiger partial charge is 0.191 e. The summed E-state index contributed by atoms with van der Waals surface area (Å²) in [4.78, 5) is 12.4. The molecular weight excluding hydrogens is 252 g/mol. The standard InChI is InChI=1S/C17H26O3/c1-16(2,3)19-12-14(18)15(20-17(4,5)6)13-10-8-7-9-11-13/h7-11,15H,12H2,1-6H3. The maximum absolute atomic E-state index is 12.4. The van der Waals surface area contributed by atoms with Crippen LogP contribution in [0.4, 0.5) is 0 Å². The highest BCUT2D eigenvalue weighted by Gasteiger charge is 2.27. The van der Waals surface area contributed by atoms with Crippen LogP contribution in [0.2, 0.25) is 0 Å². The molecule has 0 spiro atoms. The van der Waals surface area contributed by atoms with Crippen LogP contribution < -0.4 is 0 Å². The first-order valence-corrected chi connectivity index (χ1v) is 6.98. The molecule has 0 aliphatic carbocycles. The Bertz CT molecular complexity index is 424. The van der Waals surface area contributed by atoms with Gasteiger partial charge in [0.05, 0.1) is 11.2 Å². The second-order valence-corrected chi connectivity index (χ2v) is 6.89. The zero-order valence-corrected chi connectivity index (χ0v) is 13.4. The van der Waals surface area contributed by atoms with E-state index < -0.39 is 11.7 Å². The molecule has 3 nitrogen and oxygen atoms in total. The summed E-state index contributed by atoms with van der Waals surface area (Å²) in [6.45, 7) is 11.7. The first-order valence-electron chi connectivity index (χ1n) is 6.98. The van der Waals surface area contributed by atoms with Crippen LogP contribution in [0.3, 0.4) is 0 Å². The second kappa shape index (κ2) is 6.51. The molecule has 0 radical (unpaired) electrons. The predicted octanol–water partition coefficient (Wildman–Crippen LogP) is 3.93. The van der Waals surface area contributed by atoms with E-state index in [2.05, 4.69) is 0 Å². The Morgan fingerprint density at radius 1 is 1.00 bits per heavy atom. The van der Waals surface area contributed by atoms with E-state index >= 15 is 0 Å². The Morgan fingerprint density at radius 2 is 1.55 bits per heavy atom. The van der Waals surface area contributed by atoms with Crippen molar-refractivity contribution in [3.8, 4) is 0 Å². The highest BCUT2D eigenvalue weighted by Crippen LogP contribution is 2.25. The highest BCUT2D eigenvalue weighted by atomic mass is 16.5. The second-order valence-electron chi connectivity index (χ2n) is 6.89. The summed E-state index contributed by atoms with van der Waals surface area (Å²) >= 11 is 0. The van der Waals surface area contributed by atoms with Gasteiger partial charge in [-0.2, -0.15) is 0 Å². The summed E-state index contributed by atoms with van der Waals surface area (Å²) < 4.78 is 11.5. The van der Waals surface area contributed by atoms with Gasteiger partial charge in [0, 0.05) is 0 Å². The first kappa shape index (κ1) is 16.9. The molecule has 112 valence electrons. The van der Waals surface area contributed by atoms with E-state index in [0.717, 1.165) is 5.56 Å². The molecule has 0 fully saturated rings. The van der Waals surface area contributed by atoms with E-state index in [0.29, 0.717) is 0 Å². The van der Waals surface area contributed by atoms with Crippen LogP contribution in [0.25, 0.3) is 0 Å². The van der Waals surface area contributed by atoms with Crippen molar-refractivity contribution in [2.24, 2.45) is 0 Å². The number of ketones is 1. The Labute approximate surface area is 122 Å². The zero-order valence-electron chi connectivity index (χ0n) is 13.4. The fourth-order valence-corrected chi connectivity index (χ4v) is 1.66. The maximum atomic E-state index is 12.4. The highest BCUT2D eigenvalue weighted by molar-refractivity contribution is 5.85. The number of carbonyl (C=O) groups excluding carboxylic acids is 1. The van der Waals surface area contributed by atoms with Gasteiger partial charge in [0.15, 0.2) is 5.78 Å². The molecule has 0 saturated carbocycles. The molecule has 0 saturated heterocycles.